The molecule has 4 heteroatoms. The van der Waals surface area contributed by atoms with Gasteiger partial charge in [0.05, 0.1) is 27.8 Å². The number of benzene rings is 12. The van der Waals surface area contributed by atoms with Crippen molar-refractivity contribution in [2.45, 2.75) is 0 Å². The first-order valence-corrected chi connectivity index (χ1v) is 30.4. The van der Waals surface area contributed by atoms with E-state index >= 15 is 0 Å². The molecule has 1 aliphatic heterocycles. The summed E-state index contributed by atoms with van der Waals surface area (Å²) in [5.74, 6) is 0. The van der Waals surface area contributed by atoms with E-state index in [0.717, 1.165) is 11.4 Å². The van der Waals surface area contributed by atoms with E-state index in [-0.39, 0.29) is 0 Å². The van der Waals surface area contributed by atoms with Crippen LogP contribution in [0.4, 0.5) is 0 Å². The van der Waals surface area contributed by atoms with Gasteiger partial charge >= 0.3 is 0 Å². The molecule has 0 unspecified atom stereocenters. The Balaban J connectivity index is 0.946. The van der Waals surface area contributed by atoms with Crippen molar-refractivity contribution in [3.8, 4) is 33.6 Å². The van der Waals surface area contributed by atoms with Crippen molar-refractivity contribution in [2.75, 3.05) is 0 Å². The number of para-hydroxylation sites is 3. The minimum Gasteiger partial charge on any atom is -0.307 e. The van der Waals surface area contributed by atoms with Gasteiger partial charge in [0.1, 0.15) is 0 Å². The largest absolute Gasteiger partial charge is 0.307 e. The van der Waals surface area contributed by atoms with Gasteiger partial charge in [-0.3, -0.25) is 0 Å². The van der Waals surface area contributed by atoms with Crippen molar-refractivity contribution >= 4 is 101 Å². The van der Waals surface area contributed by atoms with Crippen LogP contribution >= 0.6 is 0 Å². The zero-order valence-corrected chi connectivity index (χ0v) is 43.8. The van der Waals surface area contributed by atoms with E-state index in [4.69, 9.17) is 0 Å². The molecule has 0 amide bonds. The van der Waals surface area contributed by atoms with Gasteiger partial charge in [-0.15, -0.1) is 0 Å². The van der Waals surface area contributed by atoms with Crippen molar-refractivity contribution in [1.82, 2.24) is 9.13 Å². The van der Waals surface area contributed by atoms with Crippen LogP contribution in [0, 0.1) is 0 Å². The molecule has 0 bridgehead atoms. The molecule has 0 fully saturated rings. The van der Waals surface area contributed by atoms with Crippen molar-refractivity contribution in [2.24, 2.45) is 0 Å². The van der Waals surface area contributed by atoms with Gasteiger partial charge in [-0.1, -0.05) is 261 Å². The minimum absolute atomic E-state index is 1.13. The summed E-state index contributed by atoms with van der Waals surface area (Å²) >= 11 is 0. The molecule has 15 rings (SSSR count). The van der Waals surface area contributed by atoms with E-state index < -0.39 is 16.1 Å². The smallest absolute Gasteiger partial charge is 0.181 e. The molecule has 12 aromatic carbocycles. The Hall–Kier alpha value is -9.33. The first-order chi connectivity index (χ1) is 37.7. The van der Waals surface area contributed by atoms with Crippen molar-refractivity contribution < 1.29 is 0 Å². The van der Waals surface area contributed by atoms with Gasteiger partial charge in [0.15, 0.2) is 16.1 Å². The number of hydrogen-bond donors (Lipinski definition) is 0. The van der Waals surface area contributed by atoms with E-state index in [0.29, 0.717) is 0 Å². The highest BCUT2D eigenvalue weighted by Gasteiger charge is 2.50. The Morgan fingerprint density at radius 1 is 0.289 bits per heavy atom. The molecular formula is C72H50N2Si2. The lowest BCUT2D eigenvalue weighted by atomic mass is 9.98. The van der Waals surface area contributed by atoms with Crippen LogP contribution in [0.2, 0.25) is 0 Å². The summed E-state index contributed by atoms with van der Waals surface area (Å²) < 4.78 is 5.04. The molecule has 0 saturated heterocycles. The molecule has 2 nitrogen and oxygen atoms in total. The van der Waals surface area contributed by atoms with E-state index in [1.54, 1.807) is 0 Å². The van der Waals surface area contributed by atoms with Crippen molar-refractivity contribution in [1.29, 1.82) is 0 Å². The normalized spacial score (nSPS) is 12.8. The van der Waals surface area contributed by atoms with Crippen LogP contribution in [0.5, 0.6) is 0 Å². The zero-order chi connectivity index (χ0) is 50.2. The number of aromatic nitrogens is 2. The van der Waals surface area contributed by atoms with Gasteiger partial charge in [0, 0.05) is 27.2 Å². The number of hydrogen-bond acceptors (Lipinski definition) is 0. The SMILES string of the molecule is c1ccc([Si](c2ccccc2)(c2ccccc2)c2ccc(-n3c4ccccc4c4cccc(-n5c6ccccc6c6cc(-c7cccc8c7[Si](c7ccccc7)(c7ccccc7)c7ccccc7-8)ccc65)c43)cc2)cc1. The van der Waals surface area contributed by atoms with Crippen LogP contribution in [0.15, 0.2) is 303 Å². The van der Waals surface area contributed by atoms with Crippen LogP contribution in [-0.2, 0) is 0 Å². The minimum atomic E-state index is -2.78. The second kappa shape index (κ2) is 17.7. The van der Waals surface area contributed by atoms with Crippen molar-refractivity contribution in [3.63, 3.8) is 0 Å². The summed E-state index contributed by atoms with van der Waals surface area (Å²) in [6, 6.07) is 114. The van der Waals surface area contributed by atoms with Gasteiger partial charge in [-0.05, 0) is 106 Å². The van der Waals surface area contributed by atoms with Gasteiger partial charge in [0.2, 0.25) is 0 Å². The van der Waals surface area contributed by atoms with Crippen molar-refractivity contribution in [3.05, 3.63) is 303 Å². The predicted octanol–water partition coefficient (Wildman–Crippen LogP) is 12.3. The predicted molar refractivity (Wildman–Crippen MR) is 327 cm³/mol. The van der Waals surface area contributed by atoms with Gasteiger partial charge < -0.3 is 9.13 Å². The first-order valence-electron chi connectivity index (χ1n) is 26.4. The molecule has 1 aliphatic rings. The quantitative estimate of drug-likeness (QED) is 0.101. The highest BCUT2D eigenvalue weighted by molar-refractivity contribution is 7.22. The van der Waals surface area contributed by atoms with E-state index in [1.807, 2.05) is 0 Å². The molecule has 76 heavy (non-hydrogen) atoms. The highest BCUT2D eigenvalue weighted by Crippen LogP contribution is 2.41. The molecule has 0 saturated carbocycles. The van der Waals surface area contributed by atoms with Crippen LogP contribution in [0.25, 0.3) is 77.2 Å². The van der Waals surface area contributed by atoms with Crippen LogP contribution < -0.4 is 41.5 Å². The number of fused-ring (bicyclic) bond motifs is 9. The Morgan fingerprint density at radius 2 is 0.737 bits per heavy atom. The summed E-state index contributed by atoms with van der Waals surface area (Å²) in [6.45, 7) is 0. The molecule has 0 radical (unpaired) electrons. The second-order valence-electron chi connectivity index (χ2n) is 20.3. The Morgan fingerprint density at radius 3 is 1.36 bits per heavy atom. The fraction of sp³-hybridized carbons (Fsp3) is 0. The maximum absolute atomic E-state index is 2.78. The van der Waals surface area contributed by atoms with Crippen LogP contribution in [0.3, 0.4) is 0 Å². The fourth-order valence-electron chi connectivity index (χ4n) is 13.5. The molecule has 2 aromatic heterocycles. The molecule has 14 aromatic rings. The maximum atomic E-state index is 2.52. The molecule has 356 valence electrons. The second-order valence-corrected chi connectivity index (χ2v) is 27.8. The molecule has 0 spiro atoms. The molecular weight excluding hydrogens is 949 g/mol. The van der Waals surface area contributed by atoms with E-state index in [1.165, 1.54) is 107 Å². The van der Waals surface area contributed by atoms with Crippen LogP contribution in [0.1, 0.15) is 0 Å². The summed E-state index contributed by atoms with van der Waals surface area (Å²) in [4.78, 5) is 0. The van der Waals surface area contributed by atoms with E-state index in [2.05, 4.69) is 312 Å². The third-order valence-electron chi connectivity index (χ3n) is 16.6. The van der Waals surface area contributed by atoms with E-state index in [9.17, 15) is 0 Å². The molecule has 0 atom stereocenters. The summed E-state index contributed by atoms with van der Waals surface area (Å²) in [7, 11) is -5.52. The lowest BCUT2D eigenvalue weighted by Crippen LogP contribution is -2.74. The van der Waals surface area contributed by atoms with Gasteiger partial charge in [-0.2, -0.15) is 0 Å². The topological polar surface area (TPSA) is 9.86 Å². The third kappa shape index (κ3) is 6.38. The van der Waals surface area contributed by atoms with Crippen LogP contribution in [-0.4, -0.2) is 25.3 Å². The first kappa shape index (κ1) is 44.2. The fourth-order valence-corrected chi connectivity index (χ4v) is 23.7. The average Bonchev–Trinajstić information content (AvgIpc) is 4.15. The average molecular weight is 999 g/mol. The maximum Gasteiger partial charge on any atom is 0.181 e. The Labute approximate surface area is 444 Å². The summed E-state index contributed by atoms with van der Waals surface area (Å²) in [6.07, 6.45) is 0. The number of nitrogens with zero attached hydrogens (tertiary/aromatic N) is 2. The summed E-state index contributed by atoms with van der Waals surface area (Å²) in [5, 5.41) is 16.1. The summed E-state index contributed by atoms with van der Waals surface area (Å²) in [5.41, 5.74) is 12.2. The Bertz CT molecular complexity index is 4350. The standard InChI is InChI=1S/C72H50N2Si2/c1-6-24-53(25-7-1)75(54-26-8-2-9-27-54,55-28-10-3-11-29-55)58-47-45-52(46-48-58)73-66-40-19-16-34-60(66)63-38-23-42-69(71(63)73)74-67-41-20-17-35-61(67)65-50-51(44-49-68(65)74)59-37-22-39-64-62-36-18-21-43-70(62)76(72(59)64,56-30-12-4-13-31-56)57-32-14-5-15-33-57/h1-50H. The lowest BCUT2D eigenvalue weighted by Gasteiger charge is -2.34. The number of rotatable bonds is 9. The Kier molecular flexibility index (Phi) is 10.3. The molecule has 0 N–H and O–H groups in total. The molecule has 3 heterocycles. The molecule has 0 aliphatic carbocycles. The lowest BCUT2D eigenvalue weighted by molar-refractivity contribution is 1.13. The third-order valence-corrected chi connectivity index (χ3v) is 26.3. The highest BCUT2D eigenvalue weighted by atomic mass is 28.3. The van der Waals surface area contributed by atoms with Gasteiger partial charge in [0.25, 0.3) is 0 Å². The zero-order valence-electron chi connectivity index (χ0n) is 41.8. The monoisotopic (exact) mass is 998 g/mol. The van der Waals surface area contributed by atoms with Gasteiger partial charge in [-0.25, -0.2) is 0 Å².